The SMILES string of the molecule is CCC1(CC)CC(=O)c2cc(C(=O)O)ccc2C1. The molecule has 0 aromatic heterocycles. The molecule has 0 spiro atoms. The fourth-order valence-electron chi connectivity index (χ4n) is 2.78. The first kappa shape index (κ1) is 12.8. The smallest absolute Gasteiger partial charge is 0.335 e. The molecule has 2 rings (SSSR count). The quantitative estimate of drug-likeness (QED) is 0.890. The molecule has 1 N–H and O–H groups in total. The molecule has 1 aliphatic carbocycles. The molecule has 96 valence electrons. The van der Waals surface area contributed by atoms with Crippen molar-refractivity contribution in [2.45, 2.75) is 39.5 Å². The van der Waals surface area contributed by atoms with Gasteiger partial charge < -0.3 is 5.11 Å². The Balaban J connectivity index is 2.45. The Kier molecular flexibility index (Phi) is 3.24. The predicted molar refractivity (Wildman–Crippen MR) is 69.1 cm³/mol. The lowest BCUT2D eigenvalue weighted by atomic mass is 9.68. The van der Waals surface area contributed by atoms with Crippen LogP contribution in [0.1, 0.15) is 59.4 Å². The molecule has 3 nitrogen and oxygen atoms in total. The Bertz CT molecular complexity index is 498. The summed E-state index contributed by atoms with van der Waals surface area (Å²) in [7, 11) is 0. The Morgan fingerprint density at radius 3 is 2.50 bits per heavy atom. The number of Topliss-reactive ketones (excluding diaryl/α,β-unsaturated/α-hetero) is 1. The van der Waals surface area contributed by atoms with Crippen molar-refractivity contribution in [1.82, 2.24) is 0 Å². The van der Waals surface area contributed by atoms with Gasteiger partial charge in [-0.2, -0.15) is 0 Å². The van der Waals surface area contributed by atoms with E-state index in [1.165, 1.54) is 6.07 Å². The van der Waals surface area contributed by atoms with Gasteiger partial charge in [-0.05, 0) is 42.4 Å². The van der Waals surface area contributed by atoms with Crippen molar-refractivity contribution in [3.63, 3.8) is 0 Å². The fraction of sp³-hybridized carbons (Fsp3) is 0.467. The highest BCUT2D eigenvalue weighted by molar-refractivity contribution is 6.01. The van der Waals surface area contributed by atoms with Crippen molar-refractivity contribution < 1.29 is 14.7 Å². The summed E-state index contributed by atoms with van der Waals surface area (Å²) in [6, 6.07) is 4.92. The molecular weight excluding hydrogens is 228 g/mol. The van der Waals surface area contributed by atoms with Crippen molar-refractivity contribution in [3.8, 4) is 0 Å². The van der Waals surface area contributed by atoms with Gasteiger partial charge in [0.15, 0.2) is 5.78 Å². The minimum atomic E-state index is -0.978. The molecule has 1 aromatic carbocycles. The Morgan fingerprint density at radius 2 is 1.94 bits per heavy atom. The van der Waals surface area contributed by atoms with E-state index >= 15 is 0 Å². The first-order valence-corrected chi connectivity index (χ1v) is 6.41. The molecule has 0 bridgehead atoms. The molecule has 0 amide bonds. The van der Waals surface area contributed by atoms with E-state index in [1.807, 2.05) is 0 Å². The van der Waals surface area contributed by atoms with Gasteiger partial charge in [0.05, 0.1) is 5.56 Å². The first-order chi connectivity index (χ1) is 8.51. The number of carboxylic acid groups (broad SMARTS) is 1. The lowest BCUT2D eigenvalue weighted by Gasteiger charge is -2.36. The van der Waals surface area contributed by atoms with E-state index in [1.54, 1.807) is 12.1 Å². The van der Waals surface area contributed by atoms with Gasteiger partial charge in [-0.25, -0.2) is 4.79 Å². The van der Waals surface area contributed by atoms with Gasteiger partial charge in [0.25, 0.3) is 0 Å². The van der Waals surface area contributed by atoms with Crippen LogP contribution in [0.15, 0.2) is 18.2 Å². The molecular formula is C15H18O3. The monoisotopic (exact) mass is 246 g/mol. The number of benzene rings is 1. The normalized spacial score (nSPS) is 17.3. The van der Waals surface area contributed by atoms with Gasteiger partial charge in [0.1, 0.15) is 0 Å². The van der Waals surface area contributed by atoms with Crippen LogP contribution in [-0.2, 0) is 6.42 Å². The summed E-state index contributed by atoms with van der Waals surface area (Å²) < 4.78 is 0. The molecule has 18 heavy (non-hydrogen) atoms. The summed E-state index contributed by atoms with van der Waals surface area (Å²) in [4.78, 5) is 23.1. The van der Waals surface area contributed by atoms with E-state index < -0.39 is 5.97 Å². The van der Waals surface area contributed by atoms with Crippen LogP contribution < -0.4 is 0 Å². The number of rotatable bonds is 3. The van der Waals surface area contributed by atoms with Gasteiger partial charge in [0, 0.05) is 12.0 Å². The lowest BCUT2D eigenvalue weighted by Crippen LogP contribution is -2.31. The second kappa shape index (κ2) is 4.56. The number of aromatic carboxylic acids is 1. The van der Waals surface area contributed by atoms with Crippen molar-refractivity contribution in [3.05, 3.63) is 34.9 Å². The maximum Gasteiger partial charge on any atom is 0.335 e. The van der Waals surface area contributed by atoms with E-state index in [0.29, 0.717) is 12.0 Å². The maximum absolute atomic E-state index is 12.2. The zero-order valence-electron chi connectivity index (χ0n) is 10.8. The third-order valence-corrected chi connectivity index (χ3v) is 4.26. The Hall–Kier alpha value is -1.64. The van der Waals surface area contributed by atoms with Crippen LogP contribution in [0.5, 0.6) is 0 Å². The molecule has 0 atom stereocenters. The number of hydrogen-bond donors (Lipinski definition) is 1. The van der Waals surface area contributed by atoms with Gasteiger partial charge in [-0.1, -0.05) is 19.9 Å². The molecule has 0 radical (unpaired) electrons. The summed E-state index contributed by atoms with van der Waals surface area (Å²) in [5, 5.41) is 8.96. The minimum Gasteiger partial charge on any atom is -0.478 e. The largest absolute Gasteiger partial charge is 0.478 e. The third-order valence-electron chi connectivity index (χ3n) is 4.26. The van der Waals surface area contributed by atoms with Crippen LogP contribution in [0.25, 0.3) is 0 Å². The molecule has 1 aliphatic rings. The van der Waals surface area contributed by atoms with Crippen LogP contribution in [0.3, 0.4) is 0 Å². The average molecular weight is 246 g/mol. The number of ketones is 1. The highest BCUT2D eigenvalue weighted by Crippen LogP contribution is 2.40. The highest BCUT2D eigenvalue weighted by Gasteiger charge is 2.35. The standard InChI is InChI=1S/C15H18O3/c1-3-15(4-2)8-11-6-5-10(14(17)18)7-12(11)13(16)9-15/h5-7H,3-4,8-9H2,1-2H3,(H,17,18). The number of carboxylic acids is 1. The second-order valence-corrected chi connectivity index (χ2v) is 5.16. The maximum atomic E-state index is 12.2. The van der Waals surface area contributed by atoms with E-state index in [-0.39, 0.29) is 16.8 Å². The van der Waals surface area contributed by atoms with Gasteiger partial charge in [-0.3, -0.25) is 4.79 Å². The highest BCUT2D eigenvalue weighted by atomic mass is 16.4. The Labute approximate surface area is 107 Å². The molecule has 3 heteroatoms. The van der Waals surface area contributed by atoms with E-state index in [4.69, 9.17) is 5.11 Å². The van der Waals surface area contributed by atoms with Gasteiger partial charge >= 0.3 is 5.97 Å². The molecule has 0 saturated carbocycles. The predicted octanol–water partition coefficient (Wildman–Crippen LogP) is 3.32. The summed E-state index contributed by atoms with van der Waals surface area (Å²) in [6.45, 7) is 4.24. The second-order valence-electron chi connectivity index (χ2n) is 5.16. The fourth-order valence-corrected chi connectivity index (χ4v) is 2.78. The van der Waals surface area contributed by atoms with Crippen molar-refractivity contribution >= 4 is 11.8 Å². The number of hydrogen-bond acceptors (Lipinski definition) is 2. The summed E-state index contributed by atoms with van der Waals surface area (Å²) >= 11 is 0. The molecule has 0 fully saturated rings. The first-order valence-electron chi connectivity index (χ1n) is 6.41. The zero-order valence-corrected chi connectivity index (χ0v) is 10.8. The van der Waals surface area contributed by atoms with E-state index in [9.17, 15) is 9.59 Å². The number of fused-ring (bicyclic) bond motifs is 1. The molecule has 0 heterocycles. The summed E-state index contributed by atoms with van der Waals surface area (Å²) in [5.41, 5.74) is 1.87. The van der Waals surface area contributed by atoms with Crippen molar-refractivity contribution in [2.75, 3.05) is 0 Å². The van der Waals surface area contributed by atoms with E-state index in [0.717, 1.165) is 24.8 Å². The average Bonchev–Trinajstić information content (AvgIpc) is 2.38. The van der Waals surface area contributed by atoms with Gasteiger partial charge in [-0.15, -0.1) is 0 Å². The summed E-state index contributed by atoms with van der Waals surface area (Å²) in [6.07, 6.45) is 3.38. The van der Waals surface area contributed by atoms with Crippen molar-refractivity contribution in [1.29, 1.82) is 0 Å². The van der Waals surface area contributed by atoms with Crippen LogP contribution in [0.2, 0.25) is 0 Å². The van der Waals surface area contributed by atoms with E-state index in [2.05, 4.69) is 13.8 Å². The number of carbonyl (C=O) groups excluding carboxylic acids is 1. The van der Waals surface area contributed by atoms with Crippen LogP contribution in [0.4, 0.5) is 0 Å². The zero-order chi connectivity index (χ0) is 13.3. The molecule has 1 aromatic rings. The van der Waals surface area contributed by atoms with Crippen molar-refractivity contribution in [2.24, 2.45) is 5.41 Å². The van der Waals surface area contributed by atoms with Crippen LogP contribution >= 0.6 is 0 Å². The van der Waals surface area contributed by atoms with Crippen LogP contribution in [0, 0.1) is 5.41 Å². The third kappa shape index (κ3) is 2.05. The van der Waals surface area contributed by atoms with Gasteiger partial charge in [0.2, 0.25) is 0 Å². The van der Waals surface area contributed by atoms with Crippen LogP contribution in [-0.4, -0.2) is 16.9 Å². The minimum absolute atomic E-state index is 0.0643. The molecule has 0 unspecified atom stereocenters. The topological polar surface area (TPSA) is 54.4 Å². The summed E-state index contributed by atoms with van der Waals surface area (Å²) in [5.74, 6) is -0.892. The lowest BCUT2D eigenvalue weighted by molar-refractivity contribution is 0.0697. The molecule has 0 saturated heterocycles. The molecule has 0 aliphatic heterocycles. The number of carbonyl (C=O) groups is 2. The Morgan fingerprint density at radius 1 is 1.28 bits per heavy atom.